The number of aromatic nitrogens is 2. The number of fused-ring (bicyclic) bond motifs is 1. The van der Waals surface area contributed by atoms with Crippen LogP contribution in [0.3, 0.4) is 0 Å². The van der Waals surface area contributed by atoms with Crippen molar-refractivity contribution in [3.63, 3.8) is 0 Å². The van der Waals surface area contributed by atoms with Crippen LogP contribution in [0.25, 0.3) is 11.0 Å². The van der Waals surface area contributed by atoms with Crippen LogP contribution < -0.4 is 4.74 Å². The Hall–Kier alpha value is -1.74. The molecule has 4 rings (SSSR count). The lowest BCUT2D eigenvalue weighted by atomic mass is 10.0. The fourth-order valence-corrected chi connectivity index (χ4v) is 5.10. The molecule has 2 aliphatic heterocycles. The van der Waals surface area contributed by atoms with Gasteiger partial charge in [0.15, 0.2) is 0 Å². The normalized spacial score (nSPS) is 24.1. The van der Waals surface area contributed by atoms with E-state index in [1.165, 1.54) is 0 Å². The molecule has 0 aliphatic carbocycles. The molecular weight excluding hydrogens is 388 g/mol. The number of rotatable bonds is 5. The quantitative estimate of drug-likeness (QED) is 0.603. The van der Waals surface area contributed by atoms with Crippen molar-refractivity contribution in [2.75, 3.05) is 45.7 Å². The van der Waals surface area contributed by atoms with Crippen molar-refractivity contribution >= 4 is 40.0 Å². The summed E-state index contributed by atoms with van der Waals surface area (Å²) >= 11 is 5.55. The number of allylic oxidation sites excluding steroid dienone is 1. The summed E-state index contributed by atoms with van der Waals surface area (Å²) in [6, 6.07) is 5.51. The van der Waals surface area contributed by atoms with Crippen LogP contribution in [-0.2, 0) is 15.9 Å². The van der Waals surface area contributed by atoms with Gasteiger partial charge >= 0.3 is 5.16 Å². The molecule has 0 radical (unpaired) electrons. The first kappa shape index (κ1) is 18.6. The molecule has 7 nitrogen and oxygen atoms in total. The van der Waals surface area contributed by atoms with Crippen molar-refractivity contribution in [1.82, 2.24) is 14.9 Å². The summed E-state index contributed by atoms with van der Waals surface area (Å²) in [6.07, 6.45) is 3.68. The highest BCUT2D eigenvalue weighted by Gasteiger charge is 2.42. The lowest BCUT2D eigenvalue weighted by Crippen LogP contribution is -2.48. The molecular formula is C18H21ClN4O3S. The van der Waals surface area contributed by atoms with E-state index in [-0.39, 0.29) is 5.75 Å². The van der Waals surface area contributed by atoms with E-state index in [0.29, 0.717) is 36.2 Å². The summed E-state index contributed by atoms with van der Waals surface area (Å²) in [5.41, 5.74) is 2.48. The highest BCUT2D eigenvalue weighted by molar-refractivity contribution is 7.91. The van der Waals surface area contributed by atoms with Crippen molar-refractivity contribution < 1.29 is 14.0 Å². The van der Waals surface area contributed by atoms with Gasteiger partial charge in [-0.3, -0.25) is 9.98 Å². The van der Waals surface area contributed by atoms with Crippen LogP contribution in [0.4, 0.5) is 0 Å². The van der Waals surface area contributed by atoms with E-state index in [9.17, 15) is 4.55 Å². The third-order valence-electron chi connectivity index (χ3n) is 4.73. The number of morpholine rings is 1. The number of hydrogen-bond acceptors (Lipinski definition) is 6. The maximum Gasteiger partial charge on any atom is 0.321 e. The number of benzene rings is 1. The molecule has 9 heteroatoms. The molecule has 0 spiro atoms. The predicted octanol–water partition coefficient (Wildman–Crippen LogP) is 1.96. The number of ether oxygens (including phenoxy) is 2. The monoisotopic (exact) mass is 408 g/mol. The summed E-state index contributed by atoms with van der Waals surface area (Å²) < 4.78 is 23.7. The molecule has 0 saturated carbocycles. The number of aliphatic imine (C=N–C) groups is 1. The van der Waals surface area contributed by atoms with Gasteiger partial charge < -0.3 is 18.9 Å². The highest BCUT2D eigenvalue weighted by atomic mass is 35.5. The van der Waals surface area contributed by atoms with E-state index in [1.54, 1.807) is 13.3 Å². The average molecular weight is 409 g/mol. The smallest absolute Gasteiger partial charge is 0.321 e. The number of nitrogens with one attached hydrogen (secondary N) is 1. The fourth-order valence-electron chi connectivity index (χ4n) is 3.34. The lowest BCUT2D eigenvalue weighted by molar-refractivity contribution is 0.0503. The van der Waals surface area contributed by atoms with Crippen LogP contribution in [0.2, 0.25) is 0 Å². The van der Waals surface area contributed by atoms with Crippen LogP contribution in [-0.4, -0.2) is 76.2 Å². The highest BCUT2D eigenvalue weighted by Crippen LogP contribution is 2.34. The summed E-state index contributed by atoms with van der Waals surface area (Å²) in [4.78, 5) is 13.3. The first-order chi connectivity index (χ1) is 13.1. The molecule has 1 saturated heterocycles. The molecule has 0 amide bonds. The topological polar surface area (TPSA) is 85.8 Å². The number of hydrogen-bond donors (Lipinski definition) is 1. The number of alkyl halides is 1. The van der Waals surface area contributed by atoms with E-state index in [4.69, 9.17) is 21.1 Å². The third-order valence-corrected chi connectivity index (χ3v) is 6.72. The molecule has 1 aromatic carbocycles. The number of nitrogens with zero attached hydrogens (tertiary/aromatic N) is 3. The van der Waals surface area contributed by atoms with E-state index in [2.05, 4.69) is 19.9 Å². The largest absolute Gasteiger partial charge is 0.609 e. The van der Waals surface area contributed by atoms with Crippen LogP contribution >= 0.6 is 11.6 Å². The van der Waals surface area contributed by atoms with Gasteiger partial charge in [-0.25, -0.2) is 0 Å². The molecule has 2 unspecified atom stereocenters. The Morgan fingerprint density at radius 2 is 2.22 bits per heavy atom. The number of aromatic amines is 1. The molecule has 3 heterocycles. The van der Waals surface area contributed by atoms with Gasteiger partial charge in [-0.05, 0) is 18.2 Å². The lowest BCUT2D eigenvalue weighted by Gasteiger charge is -2.39. The van der Waals surface area contributed by atoms with Gasteiger partial charge in [-0.2, -0.15) is 4.98 Å². The average Bonchev–Trinajstić information content (AvgIpc) is 3.12. The Morgan fingerprint density at radius 3 is 3.00 bits per heavy atom. The Kier molecular flexibility index (Phi) is 5.32. The van der Waals surface area contributed by atoms with E-state index in [0.717, 1.165) is 24.3 Å². The summed E-state index contributed by atoms with van der Waals surface area (Å²) in [6.45, 7) is 3.25. The standard InChI is InChI=1S/C18H21ClN4O3S/c1-25-13-2-3-14-15(10-13)22-17(21-14)27(24)12-18(19)11-20-5-4-16(18)23-6-8-26-9-7-23/h2-5,10H,6-9,11-12H2,1H3,(H,21,22). The van der Waals surface area contributed by atoms with Gasteiger partial charge in [0.05, 0.1) is 37.9 Å². The van der Waals surface area contributed by atoms with E-state index < -0.39 is 16.1 Å². The zero-order valence-corrected chi connectivity index (χ0v) is 16.6. The SMILES string of the molecule is COc1ccc2[nH]c([S+]([O-])CC3(Cl)CN=CC=C3N3CCOCC3)nc2c1. The van der Waals surface area contributed by atoms with Crippen molar-refractivity contribution in [3.8, 4) is 5.75 Å². The second kappa shape index (κ2) is 7.71. The zero-order chi connectivity index (χ0) is 18.9. The summed E-state index contributed by atoms with van der Waals surface area (Å²) in [7, 11) is 1.60. The Balaban J connectivity index is 1.56. The Labute approximate surface area is 165 Å². The minimum Gasteiger partial charge on any atom is -0.609 e. The van der Waals surface area contributed by atoms with Crippen molar-refractivity contribution in [2.24, 2.45) is 4.99 Å². The molecule has 2 aromatic rings. The summed E-state index contributed by atoms with van der Waals surface area (Å²) in [5.74, 6) is 0.936. The maximum absolute atomic E-state index is 13.0. The number of methoxy groups -OCH3 is 1. The maximum atomic E-state index is 13.0. The van der Waals surface area contributed by atoms with Crippen molar-refractivity contribution in [3.05, 3.63) is 30.0 Å². The molecule has 27 heavy (non-hydrogen) atoms. The molecule has 144 valence electrons. The van der Waals surface area contributed by atoms with Crippen molar-refractivity contribution in [2.45, 2.75) is 10.0 Å². The second-order valence-corrected chi connectivity index (χ2v) is 8.61. The van der Waals surface area contributed by atoms with Gasteiger partial charge in [-0.1, -0.05) is 0 Å². The number of halogens is 1. The second-order valence-electron chi connectivity index (χ2n) is 6.52. The first-order valence-electron chi connectivity index (χ1n) is 8.73. The van der Waals surface area contributed by atoms with Crippen LogP contribution in [0.15, 0.2) is 40.1 Å². The van der Waals surface area contributed by atoms with Gasteiger partial charge in [0.25, 0.3) is 0 Å². The van der Waals surface area contributed by atoms with Crippen LogP contribution in [0.1, 0.15) is 0 Å². The fraction of sp³-hybridized carbons (Fsp3) is 0.444. The molecule has 0 bridgehead atoms. The summed E-state index contributed by atoms with van der Waals surface area (Å²) in [5, 5.41) is 0.411. The minimum atomic E-state index is -1.40. The van der Waals surface area contributed by atoms with Crippen LogP contribution in [0.5, 0.6) is 5.75 Å². The zero-order valence-electron chi connectivity index (χ0n) is 15.0. The van der Waals surface area contributed by atoms with Gasteiger partial charge in [0.1, 0.15) is 16.4 Å². The number of dihydropyridines is 1. The van der Waals surface area contributed by atoms with Gasteiger partial charge in [-0.15, -0.1) is 11.6 Å². The molecule has 1 aromatic heterocycles. The molecule has 2 aliphatic rings. The Morgan fingerprint density at radius 1 is 1.41 bits per heavy atom. The van der Waals surface area contributed by atoms with Crippen molar-refractivity contribution in [1.29, 1.82) is 0 Å². The molecule has 1 fully saturated rings. The first-order valence-corrected chi connectivity index (χ1v) is 10.4. The third kappa shape index (κ3) is 3.80. The van der Waals surface area contributed by atoms with E-state index >= 15 is 0 Å². The number of H-pyrrole nitrogens is 1. The predicted molar refractivity (Wildman–Crippen MR) is 106 cm³/mol. The Bertz CT molecular complexity index is 881. The molecule has 1 N–H and O–H groups in total. The number of imidazole rings is 1. The molecule has 2 atom stereocenters. The minimum absolute atomic E-state index is 0.228. The van der Waals surface area contributed by atoms with E-state index in [1.807, 2.05) is 24.3 Å². The van der Waals surface area contributed by atoms with Crippen LogP contribution in [0, 0.1) is 0 Å². The van der Waals surface area contributed by atoms with Gasteiger partial charge in [0.2, 0.25) is 0 Å². The van der Waals surface area contributed by atoms with Gasteiger partial charge in [0, 0.05) is 42.2 Å².